The first-order chi connectivity index (χ1) is 13.2. The van der Waals surface area contributed by atoms with Crippen LogP contribution in [-0.2, 0) is 4.74 Å². The fraction of sp³-hybridized carbons (Fsp3) is 0.238. The second-order valence-electron chi connectivity index (χ2n) is 6.56. The van der Waals surface area contributed by atoms with Gasteiger partial charge < -0.3 is 15.0 Å². The van der Waals surface area contributed by atoms with Gasteiger partial charge in [0.15, 0.2) is 0 Å². The van der Waals surface area contributed by atoms with Gasteiger partial charge in [-0.2, -0.15) is 0 Å². The summed E-state index contributed by atoms with van der Waals surface area (Å²) in [5, 5.41) is 5.26. The van der Waals surface area contributed by atoms with Crippen LogP contribution < -0.4 is 10.2 Å². The van der Waals surface area contributed by atoms with Crippen molar-refractivity contribution in [2.75, 3.05) is 31.6 Å². The fourth-order valence-electron chi connectivity index (χ4n) is 3.54. The lowest BCUT2D eigenvalue weighted by molar-refractivity contribution is 0.0601. The van der Waals surface area contributed by atoms with Crippen LogP contribution in [0.4, 0.5) is 5.69 Å². The summed E-state index contributed by atoms with van der Waals surface area (Å²) in [5.74, 6) is -0.342. The highest BCUT2D eigenvalue weighted by molar-refractivity contribution is 6.30. The molecule has 0 saturated carbocycles. The fourth-order valence-corrected chi connectivity index (χ4v) is 3.67. The van der Waals surface area contributed by atoms with Gasteiger partial charge in [-0.3, -0.25) is 4.98 Å². The van der Waals surface area contributed by atoms with Gasteiger partial charge in [0.25, 0.3) is 0 Å². The summed E-state index contributed by atoms with van der Waals surface area (Å²) in [4.78, 5) is 18.7. The third-order valence-electron chi connectivity index (χ3n) is 4.93. The molecule has 2 heterocycles. The monoisotopic (exact) mass is 381 g/mol. The summed E-state index contributed by atoms with van der Waals surface area (Å²) >= 11 is 6.02. The molecule has 1 N–H and O–H groups in total. The van der Waals surface area contributed by atoms with Gasteiger partial charge in [0, 0.05) is 48.0 Å². The van der Waals surface area contributed by atoms with Crippen molar-refractivity contribution in [3.05, 3.63) is 70.9 Å². The van der Waals surface area contributed by atoms with E-state index in [1.54, 1.807) is 6.07 Å². The van der Waals surface area contributed by atoms with E-state index in [2.05, 4.69) is 27.3 Å². The Balaban J connectivity index is 1.68. The first kappa shape index (κ1) is 17.8. The molecule has 5 nitrogen and oxygen atoms in total. The molecule has 0 radical (unpaired) electrons. The molecule has 1 saturated heterocycles. The van der Waals surface area contributed by atoms with Crippen molar-refractivity contribution in [1.82, 2.24) is 10.3 Å². The van der Waals surface area contributed by atoms with E-state index in [1.165, 1.54) is 12.7 Å². The van der Waals surface area contributed by atoms with Crippen LogP contribution in [0, 0.1) is 0 Å². The van der Waals surface area contributed by atoms with Gasteiger partial charge in [-0.15, -0.1) is 0 Å². The summed E-state index contributed by atoms with van der Waals surface area (Å²) in [6, 6.07) is 15.7. The molecule has 27 heavy (non-hydrogen) atoms. The standard InChI is InChI=1S/C21H20ClN3O2/c1-27-21(26)15-4-7-18-17(12-15)20(8-9-23-18)25-11-10-24-19(13-25)14-2-5-16(22)6-3-14/h2-9,12,19,24H,10-11,13H2,1H3. The average molecular weight is 382 g/mol. The van der Waals surface area contributed by atoms with E-state index < -0.39 is 0 Å². The number of methoxy groups -OCH3 is 1. The van der Waals surface area contributed by atoms with Crippen LogP contribution in [0.2, 0.25) is 5.02 Å². The third kappa shape index (κ3) is 3.61. The highest BCUT2D eigenvalue weighted by atomic mass is 35.5. The molecule has 1 fully saturated rings. The van der Waals surface area contributed by atoms with E-state index in [9.17, 15) is 4.79 Å². The van der Waals surface area contributed by atoms with E-state index in [0.29, 0.717) is 5.56 Å². The Hall–Kier alpha value is -2.63. The first-order valence-corrected chi connectivity index (χ1v) is 9.24. The molecule has 0 bridgehead atoms. The van der Waals surface area contributed by atoms with Crippen molar-refractivity contribution >= 4 is 34.2 Å². The van der Waals surface area contributed by atoms with Crippen molar-refractivity contribution in [2.45, 2.75) is 6.04 Å². The summed E-state index contributed by atoms with van der Waals surface area (Å²) < 4.78 is 4.86. The molecular weight excluding hydrogens is 362 g/mol. The smallest absolute Gasteiger partial charge is 0.337 e. The molecule has 1 aliphatic heterocycles. The van der Waals surface area contributed by atoms with Gasteiger partial charge in [0.2, 0.25) is 0 Å². The quantitative estimate of drug-likeness (QED) is 0.699. The molecule has 4 rings (SSSR count). The van der Waals surface area contributed by atoms with Gasteiger partial charge in [-0.1, -0.05) is 23.7 Å². The molecule has 2 aromatic carbocycles. The lowest BCUT2D eigenvalue weighted by atomic mass is 10.0. The van der Waals surface area contributed by atoms with E-state index in [0.717, 1.165) is 41.2 Å². The second kappa shape index (κ2) is 7.55. The lowest BCUT2D eigenvalue weighted by Crippen LogP contribution is -2.46. The number of piperazine rings is 1. The number of nitrogens with zero attached hydrogens (tertiary/aromatic N) is 2. The molecule has 138 valence electrons. The number of hydrogen-bond acceptors (Lipinski definition) is 5. The van der Waals surface area contributed by atoms with Crippen molar-refractivity contribution in [3.8, 4) is 0 Å². The number of carbonyl (C=O) groups is 1. The summed E-state index contributed by atoms with van der Waals surface area (Å²) in [5.41, 5.74) is 3.68. The maximum atomic E-state index is 11.9. The predicted molar refractivity (Wildman–Crippen MR) is 107 cm³/mol. The molecule has 1 aliphatic rings. The normalized spacial score (nSPS) is 17.1. The van der Waals surface area contributed by atoms with Crippen LogP contribution in [0.5, 0.6) is 0 Å². The van der Waals surface area contributed by atoms with Gasteiger partial charge >= 0.3 is 5.97 Å². The van der Waals surface area contributed by atoms with Crippen LogP contribution in [-0.4, -0.2) is 37.7 Å². The molecule has 1 aromatic heterocycles. The van der Waals surface area contributed by atoms with Gasteiger partial charge in [-0.05, 0) is 42.0 Å². The number of anilines is 1. The van der Waals surface area contributed by atoms with Crippen LogP contribution in [0.3, 0.4) is 0 Å². The Morgan fingerprint density at radius 2 is 2.04 bits per heavy atom. The number of esters is 1. The zero-order valence-corrected chi connectivity index (χ0v) is 15.7. The Labute approximate surface area is 162 Å². The maximum absolute atomic E-state index is 11.9. The number of halogens is 1. The van der Waals surface area contributed by atoms with Crippen LogP contribution >= 0.6 is 11.6 Å². The van der Waals surface area contributed by atoms with Crippen molar-refractivity contribution in [3.63, 3.8) is 0 Å². The Kier molecular flexibility index (Phi) is 4.97. The van der Waals surface area contributed by atoms with Crippen molar-refractivity contribution in [1.29, 1.82) is 0 Å². The Morgan fingerprint density at radius 1 is 1.22 bits per heavy atom. The van der Waals surface area contributed by atoms with Crippen molar-refractivity contribution in [2.24, 2.45) is 0 Å². The number of aromatic nitrogens is 1. The van der Waals surface area contributed by atoms with E-state index in [1.807, 2.05) is 36.5 Å². The number of benzene rings is 2. The number of carbonyl (C=O) groups excluding carboxylic acids is 1. The van der Waals surface area contributed by atoms with Gasteiger partial charge in [0.1, 0.15) is 0 Å². The minimum atomic E-state index is -0.342. The minimum absolute atomic E-state index is 0.211. The summed E-state index contributed by atoms with van der Waals surface area (Å²) in [7, 11) is 1.39. The molecule has 0 amide bonds. The zero-order valence-electron chi connectivity index (χ0n) is 15.0. The van der Waals surface area contributed by atoms with Crippen LogP contribution in [0.25, 0.3) is 10.9 Å². The minimum Gasteiger partial charge on any atom is -0.465 e. The Bertz CT molecular complexity index is 975. The molecule has 0 aliphatic carbocycles. The van der Waals surface area contributed by atoms with Crippen molar-refractivity contribution < 1.29 is 9.53 Å². The van der Waals surface area contributed by atoms with Gasteiger partial charge in [-0.25, -0.2) is 4.79 Å². The van der Waals surface area contributed by atoms with Crippen LogP contribution in [0.15, 0.2) is 54.7 Å². The topological polar surface area (TPSA) is 54.5 Å². The first-order valence-electron chi connectivity index (χ1n) is 8.86. The molecule has 6 heteroatoms. The Morgan fingerprint density at radius 3 is 2.81 bits per heavy atom. The van der Waals surface area contributed by atoms with Gasteiger partial charge in [0.05, 0.1) is 18.2 Å². The lowest BCUT2D eigenvalue weighted by Gasteiger charge is -2.36. The SMILES string of the molecule is COC(=O)c1ccc2nccc(N3CCNC(c4ccc(Cl)cc4)C3)c2c1. The molecular formula is C21H20ClN3O2. The molecule has 1 atom stereocenters. The average Bonchev–Trinajstić information content (AvgIpc) is 2.73. The number of fused-ring (bicyclic) bond motifs is 1. The largest absolute Gasteiger partial charge is 0.465 e. The highest BCUT2D eigenvalue weighted by Gasteiger charge is 2.22. The molecule has 1 unspecified atom stereocenters. The number of rotatable bonds is 3. The zero-order chi connectivity index (χ0) is 18.8. The maximum Gasteiger partial charge on any atom is 0.337 e. The summed E-state index contributed by atoms with van der Waals surface area (Å²) in [6.45, 7) is 2.57. The van der Waals surface area contributed by atoms with E-state index in [4.69, 9.17) is 16.3 Å². The van der Waals surface area contributed by atoms with Crippen LogP contribution in [0.1, 0.15) is 22.0 Å². The van der Waals surface area contributed by atoms with E-state index >= 15 is 0 Å². The highest BCUT2D eigenvalue weighted by Crippen LogP contribution is 2.30. The predicted octanol–water partition coefficient (Wildman–Crippen LogP) is 3.83. The summed E-state index contributed by atoms with van der Waals surface area (Å²) in [6.07, 6.45) is 1.81. The number of ether oxygens (including phenoxy) is 1. The molecule has 0 spiro atoms. The van der Waals surface area contributed by atoms with E-state index in [-0.39, 0.29) is 12.0 Å². The third-order valence-corrected chi connectivity index (χ3v) is 5.18. The number of pyridine rings is 1. The number of nitrogens with one attached hydrogen (secondary N) is 1. The molecule has 3 aromatic rings. The second-order valence-corrected chi connectivity index (χ2v) is 6.99. The number of hydrogen-bond donors (Lipinski definition) is 1.